The van der Waals surface area contributed by atoms with Crippen molar-refractivity contribution in [2.75, 3.05) is 19.8 Å². The Morgan fingerprint density at radius 1 is 1.00 bits per heavy atom. The fourth-order valence-electron chi connectivity index (χ4n) is 3.39. The molecule has 30 heavy (non-hydrogen) atoms. The average Bonchev–Trinajstić information content (AvgIpc) is 2.76. The lowest BCUT2D eigenvalue weighted by Gasteiger charge is -2.35. The maximum absolute atomic E-state index is 13.0. The Hall–Kier alpha value is -2.96. The lowest BCUT2D eigenvalue weighted by Crippen LogP contribution is -2.54. The van der Waals surface area contributed by atoms with Gasteiger partial charge in [0.1, 0.15) is 17.9 Å². The second-order valence-electron chi connectivity index (χ2n) is 6.91. The van der Waals surface area contributed by atoms with E-state index in [-0.39, 0.29) is 37.7 Å². The summed E-state index contributed by atoms with van der Waals surface area (Å²) in [6.07, 6.45) is 0. The number of amides is 1. The van der Waals surface area contributed by atoms with Gasteiger partial charge in [-0.05, 0) is 37.5 Å². The number of nitrogens with one attached hydrogen (secondary N) is 1. The Labute approximate surface area is 176 Å². The molecule has 0 bridgehead atoms. The van der Waals surface area contributed by atoms with Gasteiger partial charge >= 0.3 is 0 Å². The molecule has 3 rings (SSSR count). The molecule has 0 radical (unpaired) electrons. The summed E-state index contributed by atoms with van der Waals surface area (Å²) < 4.78 is 16.7. The number of allylic oxidation sites excluding steroid dienone is 1. The molecule has 1 aliphatic rings. The quantitative estimate of drug-likeness (QED) is 0.533. The van der Waals surface area contributed by atoms with Crippen molar-refractivity contribution < 1.29 is 23.8 Å². The zero-order chi connectivity index (χ0) is 21.6. The van der Waals surface area contributed by atoms with Crippen LogP contribution in [0.4, 0.5) is 0 Å². The van der Waals surface area contributed by atoms with Gasteiger partial charge in [0.25, 0.3) is 11.7 Å². The molecule has 158 valence electrons. The number of ether oxygens (including phenoxy) is 3. The summed E-state index contributed by atoms with van der Waals surface area (Å²) in [6, 6.07) is 18.0. The third-order valence-corrected chi connectivity index (χ3v) is 4.90. The average molecular weight is 409 g/mol. The fraction of sp³-hybridized carbons (Fsp3) is 0.333. The van der Waals surface area contributed by atoms with Crippen LogP contribution in [0.25, 0.3) is 11.1 Å². The highest BCUT2D eigenvalue weighted by Gasteiger charge is 2.49. The largest absolute Gasteiger partial charge is 0.491 e. The summed E-state index contributed by atoms with van der Waals surface area (Å²) in [6.45, 7) is 5.86. The number of rotatable bonds is 8. The molecule has 0 saturated heterocycles. The van der Waals surface area contributed by atoms with Gasteiger partial charge in [0.05, 0.1) is 0 Å². The summed E-state index contributed by atoms with van der Waals surface area (Å²) in [5.74, 6) is -2.32. The predicted octanol–water partition coefficient (Wildman–Crippen LogP) is 3.61. The maximum Gasteiger partial charge on any atom is 0.269 e. The van der Waals surface area contributed by atoms with Crippen LogP contribution in [0.3, 0.4) is 0 Å². The standard InChI is InChI=1S/C24H27NO5/c1-4-29-24(30-5-2)16-28-17(3)21(22(24)26)23(27)25-15-18-11-13-20(14-12-18)19-9-7-6-8-10-19/h6-14H,4-5,15-16H2,1-3H3,(H,25,27). The maximum atomic E-state index is 13.0. The van der Waals surface area contributed by atoms with Crippen molar-refractivity contribution in [3.8, 4) is 11.1 Å². The second kappa shape index (κ2) is 9.69. The van der Waals surface area contributed by atoms with E-state index in [0.29, 0.717) is 0 Å². The zero-order valence-corrected chi connectivity index (χ0v) is 17.6. The summed E-state index contributed by atoms with van der Waals surface area (Å²) in [5, 5.41) is 2.80. The lowest BCUT2D eigenvalue weighted by atomic mass is 9.98. The van der Waals surface area contributed by atoms with Gasteiger partial charge in [-0.3, -0.25) is 9.59 Å². The highest BCUT2D eigenvalue weighted by Crippen LogP contribution is 2.28. The number of Topliss-reactive ketones (excluding diaryl/α,β-unsaturated/α-hetero) is 1. The van der Waals surface area contributed by atoms with Gasteiger partial charge in [-0.25, -0.2) is 0 Å². The van der Waals surface area contributed by atoms with Gasteiger partial charge in [-0.1, -0.05) is 54.6 Å². The van der Waals surface area contributed by atoms with Crippen molar-refractivity contribution in [1.29, 1.82) is 0 Å². The first-order valence-corrected chi connectivity index (χ1v) is 10.1. The summed E-state index contributed by atoms with van der Waals surface area (Å²) in [7, 11) is 0. The molecule has 6 nitrogen and oxygen atoms in total. The Bertz CT molecular complexity index is 912. The molecule has 2 aromatic carbocycles. The topological polar surface area (TPSA) is 73.9 Å². The van der Waals surface area contributed by atoms with Crippen LogP contribution >= 0.6 is 0 Å². The molecular formula is C24H27NO5. The molecule has 6 heteroatoms. The second-order valence-corrected chi connectivity index (χ2v) is 6.91. The van der Waals surface area contributed by atoms with Crippen molar-refractivity contribution in [3.05, 3.63) is 71.5 Å². The first-order valence-electron chi connectivity index (χ1n) is 10.1. The van der Waals surface area contributed by atoms with E-state index in [0.717, 1.165) is 16.7 Å². The Kier molecular flexibility index (Phi) is 7.03. The molecule has 0 saturated carbocycles. The van der Waals surface area contributed by atoms with Crippen LogP contribution < -0.4 is 5.32 Å². The molecule has 0 fully saturated rings. The van der Waals surface area contributed by atoms with Crippen LogP contribution in [-0.4, -0.2) is 37.3 Å². The van der Waals surface area contributed by atoms with Crippen LogP contribution in [-0.2, 0) is 30.3 Å². The Morgan fingerprint density at radius 3 is 2.20 bits per heavy atom. The third-order valence-electron chi connectivity index (χ3n) is 4.90. The summed E-state index contributed by atoms with van der Waals surface area (Å²) in [5.41, 5.74) is 3.08. The molecule has 0 aromatic heterocycles. The van der Waals surface area contributed by atoms with Crippen molar-refractivity contribution >= 4 is 11.7 Å². The van der Waals surface area contributed by atoms with E-state index in [1.165, 1.54) is 0 Å². The smallest absolute Gasteiger partial charge is 0.269 e. The van der Waals surface area contributed by atoms with E-state index in [4.69, 9.17) is 14.2 Å². The Balaban J connectivity index is 1.70. The minimum absolute atomic E-state index is 0.0657. The Morgan fingerprint density at radius 2 is 1.60 bits per heavy atom. The number of hydrogen-bond donors (Lipinski definition) is 1. The molecule has 1 heterocycles. The lowest BCUT2D eigenvalue weighted by molar-refractivity contribution is -0.242. The van der Waals surface area contributed by atoms with Gasteiger partial charge in [-0.15, -0.1) is 0 Å². The van der Waals surface area contributed by atoms with E-state index >= 15 is 0 Å². The van der Waals surface area contributed by atoms with E-state index in [9.17, 15) is 9.59 Å². The molecular weight excluding hydrogens is 382 g/mol. The van der Waals surface area contributed by atoms with Gasteiger partial charge < -0.3 is 19.5 Å². The van der Waals surface area contributed by atoms with Crippen molar-refractivity contribution in [2.24, 2.45) is 0 Å². The van der Waals surface area contributed by atoms with E-state index < -0.39 is 17.5 Å². The van der Waals surface area contributed by atoms with Crippen molar-refractivity contribution in [1.82, 2.24) is 5.32 Å². The summed E-state index contributed by atoms with van der Waals surface area (Å²) in [4.78, 5) is 25.8. The van der Waals surface area contributed by atoms with Crippen LogP contribution in [0.5, 0.6) is 0 Å². The minimum atomic E-state index is -1.58. The van der Waals surface area contributed by atoms with E-state index in [1.54, 1.807) is 20.8 Å². The van der Waals surface area contributed by atoms with Crippen LogP contribution in [0.2, 0.25) is 0 Å². The van der Waals surface area contributed by atoms with Gasteiger partial charge in [0, 0.05) is 19.8 Å². The van der Waals surface area contributed by atoms with Crippen molar-refractivity contribution in [2.45, 2.75) is 33.1 Å². The molecule has 1 aliphatic heterocycles. The molecule has 0 unspecified atom stereocenters. The molecule has 0 spiro atoms. The predicted molar refractivity (Wildman–Crippen MR) is 113 cm³/mol. The molecule has 0 aliphatic carbocycles. The van der Waals surface area contributed by atoms with Crippen molar-refractivity contribution in [3.63, 3.8) is 0 Å². The van der Waals surface area contributed by atoms with Crippen LogP contribution in [0.1, 0.15) is 26.3 Å². The highest BCUT2D eigenvalue weighted by atomic mass is 16.7. The number of carbonyl (C=O) groups is 2. The zero-order valence-electron chi connectivity index (χ0n) is 17.6. The van der Waals surface area contributed by atoms with E-state index in [1.807, 2.05) is 54.6 Å². The molecule has 0 atom stereocenters. The number of hydrogen-bond acceptors (Lipinski definition) is 5. The number of ketones is 1. The van der Waals surface area contributed by atoms with Gasteiger partial charge in [0.15, 0.2) is 0 Å². The fourth-order valence-corrected chi connectivity index (χ4v) is 3.39. The number of benzene rings is 2. The SMILES string of the molecule is CCOC1(OCC)COC(C)=C(C(=O)NCc2ccc(-c3ccccc3)cc2)C1=O. The third kappa shape index (κ3) is 4.61. The molecule has 1 amide bonds. The molecule has 2 aromatic rings. The number of carbonyl (C=O) groups excluding carboxylic acids is 2. The first-order chi connectivity index (χ1) is 14.5. The molecule has 1 N–H and O–H groups in total. The van der Waals surface area contributed by atoms with Gasteiger partial charge in [0.2, 0.25) is 5.78 Å². The minimum Gasteiger partial charge on any atom is -0.491 e. The highest BCUT2D eigenvalue weighted by molar-refractivity contribution is 6.22. The monoisotopic (exact) mass is 409 g/mol. The summed E-state index contributed by atoms with van der Waals surface area (Å²) >= 11 is 0. The van der Waals surface area contributed by atoms with Crippen LogP contribution in [0.15, 0.2) is 65.9 Å². The first kappa shape index (κ1) is 21.7. The normalized spacial score (nSPS) is 15.6. The van der Waals surface area contributed by atoms with Gasteiger partial charge in [-0.2, -0.15) is 0 Å². The van der Waals surface area contributed by atoms with Crippen LogP contribution in [0, 0.1) is 0 Å². The van der Waals surface area contributed by atoms with E-state index in [2.05, 4.69) is 5.32 Å².